The van der Waals surface area contributed by atoms with Gasteiger partial charge in [0.25, 0.3) is 0 Å². The van der Waals surface area contributed by atoms with Gasteiger partial charge >= 0.3 is 6.18 Å². The lowest BCUT2D eigenvalue weighted by atomic mass is 9.99. The Labute approximate surface area is 173 Å². The zero-order valence-electron chi connectivity index (χ0n) is 15.3. The van der Waals surface area contributed by atoms with Gasteiger partial charge in [0.15, 0.2) is 0 Å². The van der Waals surface area contributed by atoms with Gasteiger partial charge in [-0.15, -0.1) is 0 Å². The molecule has 0 N–H and O–H groups in total. The third-order valence-electron chi connectivity index (χ3n) is 4.77. The minimum atomic E-state index is -4.45. The maximum absolute atomic E-state index is 13.5. The van der Waals surface area contributed by atoms with E-state index in [9.17, 15) is 17.6 Å². The second-order valence-electron chi connectivity index (χ2n) is 6.78. The van der Waals surface area contributed by atoms with E-state index < -0.39 is 11.7 Å². The Kier molecular flexibility index (Phi) is 4.94. The lowest BCUT2D eigenvalue weighted by molar-refractivity contribution is -0.138. The van der Waals surface area contributed by atoms with Gasteiger partial charge in [-0.05, 0) is 70.4 Å². The summed E-state index contributed by atoms with van der Waals surface area (Å²) in [5.74, 6) is -0.389. The largest absolute Gasteiger partial charge is 0.416 e. The van der Waals surface area contributed by atoms with E-state index in [1.54, 1.807) is 28.8 Å². The zero-order valence-corrected chi connectivity index (χ0v) is 16.9. The van der Waals surface area contributed by atoms with Gasteiger partial charge in [0.1, 0.15) is 11.5 Å². The fourth-order valence-electron chi connectivity index (χ4n) is 3.45. The van der Waals surface area contributed by atoms with Crippen molar-refractivity contribution < 1.29 is 17.6 Å². The number of hydrogen-bond acceptors (Lipinski definition) is 1. The summed E-state index contributed by atoms with van der Waals surface area (Å²) in [6.07, 6.45) is -2.64. The maximum Gasteiger partial charge on any atom is 0.416 e. The molecule has 0 saturated carbocycles. The van der Waals surface area contributed by atoms with Crippen LogP contribution in [-0.2, 0) is 12.6 Å². The molecule has 0 aliphatic rings. The summed E-state index contributed by atoms with van der Waals surface area (Å²) >= 11 is 3.45. The summed E-state index contributed by atoms with van der Waals surface area (Å²) in [4.78, 5) is 4.68. The first-order valence-electron chi connectivity index (χ1n) is 8.82. The van der Waals surface area contributed by atoms with Crippen LogP contribution >= 0.6 is 15.9 Å². The van der Waals surface area contributed by atoms with Gasteiger partial charge in [0.2, 0.25) is 0 Å². The van der Waals surface area contributed by atoms with Crippen molar-refractivity contribution in [2.45, 2.75) is 19.5 Å². The summed E-state index contributed by atoms with van der Waals surface area (Å²) in [5, 5.41) is 0. The van der Waals surface area contributed by atoms with Crippen molar-refractivity contribution in [3.8, 4) is 11.3 Å². The first-order valence-corrected chi connectivity index (χ1v) is 9.61. The number of imidazole rings is 1. The van der Waals surface area contributed by atoms with E-state index in [4.69, 9.17) is 0 Å². The highest BCUT2D eigenvalue weighted by atomic mass is 79.9. The van der Waals surface area contributed by atoms with Crippen molar-refractivity contribution in [1.82, 2.24) is 9.38 Å². The molecular weight excluding hydrogens is 448 g/mol. The maximum atomic E-state index is 13.5. The Morgan fingerprint density at radius 3 is 2.41 bits per heavy atom. The molecule has 0 unspecified atom stereocenters. The van der Waals surface area contributed by atoms with E-state index in [0.29, 0.717) is 22.6 Å². The van der Waals surface area contributed by atoms with Gasteiger partial charge in [-0.25, -0.2) is 9.37 Å². The zero-order chi connectivity index (χ0) is 20.8. The van der Waals surface area contributed by atoms with E-state index in [1.165, 1.54) is 24.3 Å². The molecule has 2 nitrogen and oxygen atoms in total. The molecule has 2 heterocycles. The van der Waals surface area contributed by atoms with Crippen LogP contribution in [0.25, 0.3) is 16.9 Å². The fourth-order valence-corrected chi connectivity index (χ4v) is 4.00. The lowest BCUT2D eigenvalue weighted by Crippen LogP contribution is -2.10. The Bertz CT molecular complexity index is 1190. The molecule has 2 aromatic carbocycles. The monoisotopic (exact) mass is 462 g/mol. The molecule has 148 valence electrons. The quantitative estimate of drug-likeness (QED) is 0.305. The van der Waals surface area contributed by atoms with Crippen LogP contribution in [0.2, 0.25) is 0 Å². The van der Waals surface area contributed by atoms with Gasteiger partial charge in [-0.1, -0.05) is 18.2 Å². The number of aryl methyl sites for hydroxylation is 1. The molecule has 4 rings (SSSR count). The van der Waals surface area contributed by atoms with Crippen LogP contribution in [0.1, 0.15) is 22.4 Å². The molecule has 7 heteroatoms. The number of fused-ring (bicyclic) bond motifs is 1. The molecule has 0 aliphatic carbocycles. The Morgan fingerprint density at radius 2 is 1.72 bits per heavy atom. The molecule has 2 aromatic heterocycles. The number of nitrogens with zero attached hydrogens (tertiary/aromatic N) is 2. The number of halogens is 5. The smallest absolute Gasteiger partial charge is 0.302 e. The average molecular weight is 463 g/mol. The molecule has 0 radical (unpaired) electrons. The van der Waals surface area contributed by atoms with Crippen LogP contribution < -0.4 is 0 Å². The molecule has 0 atom stereocenters. The van der Waals surface area contributed by atoms with Crippen molar-refractivity contribution in [2.24, 2.45) is 0 Å². The standard InChI is InChI=1S/C22H15BrF4N2/c1-13-10-16(23)12-29-19(11-15-4-2-3-5-18(15)22(25,26)27)20(28-21(13)29)14-6-8-17(24)9-7-14/h2-10,12H,11H2,1H3. The van der Waals surface area contributed by atoms with Gasteiger partial charge in [-0.3, -0.25) is 0 Å². The number of hydrogen-bond donors (Lipinski definition) is 0. The second kappa shape index (κ2) is 7.30. The molecule has 0 spiro atoms. The van der Waals surface area contributed by atoms with Crippen LogP contribution in [-0.4, -0.2) is 9.38 Å². The van der Waals surface area contributed by atoms with Gasteiger partial charge in [0, 0.05) is 22.7 Å². The van der Waals surface area contributed by atoms with E-state index >= 15 is 0 Å². The van der Waals surface area contributed by atoms with E-state index in [-0.39, 0.29) is 17.8 Å². The van der Waals surface area contributed by atoms with E-state index in [2.05, 4.69) is 20.9 Å². The van der Waals surface area contributed by atoms with E-state index in [1.807, 2.05) is 13.0 Å². The molecule has 0 amide bonds. The number of benzene rings is 2. The summed E-state index contributed by atoms with van der Waals surface area (Å²) in [7, 11) is 0. The third-order valence-corrected chi connectivity index (χ3v) is 5.20. The highest BCUT2D eigenvalue weighted by molar-refractivity contribution is 9.10. The Balaban J connectivity index is 1.96. The predicted octanol–water partition coefficient (Wildman–Crippen LogP) is 6.82. The van der Waals surface area contributed by atoms with Crippen LogP contribution in [0.15, 0.2) is 65.3 Å². The van der Waals surface area contributed by atoms with Crippen LogP contribution in [0.4, 0.5) is 17.6 Å². The normalized spacial score (nSPS) is 11.9. The number of aromatic nitrogens is 2. The fraction of sp³-hybridized carbons (Fsp3) is 0.136. The molecule has 29 heavy (non-hydrogen) atoms. The second-order valence-corrected chi connectivity index (χ2v) is 7.70. The minimum absolute atomic E-state index is 0.0272. The average Bonchev–Trinajstić information content (AvgIpc) is 3.01. The summed E-state index contributed by atoms with van der Waals surface area (Å²) in [6, 6.07) is 13.2. The molecular formula is C22H15BrF4N2. The minimum Gasteiger partial charge on any atom is -0.302 e. The van der Waals surface area contributed by atoms with Crippen molar-refractivity contribution in [3.63, 3.8) is 0 Å². The molecule has 4 aromatic rings. The van der Waals surface area contributed by atoms with Crippen molar-refractivity contribution >= 4 is 21.6 Å². The highest BCUT2D eigenvalue weighted by Gasteiger charge is 2.33. The predicted molar refractivity (Wildman–Crippen MR) is 107 cm³/mol. The van der Waals surface area contributed by atoms with Gasteiger partial charge in [-0.2, -0.15) is 13.2 Å². The van der Waals surface area contributed by atoms with Crippen LogP contribution in [0.5, 0.6) is 0 Å². The first kappa shape index (κ1) is 19.6. The third kappa shape index (κ3) is 3.79. The van der Waals surface area contributed by atoms with Gasteiger partial charge < -0.3 is 4.40 Å². The Morgan fingerprint density at radius 1 is 1.03 bits per heavy atom. The topological polar surface area (TPSA) is 17.3 Å². The molecule has 0 aliphatic heterocycles. The molecule has 0 bridgehead atoms. The van der Waals surface area contributed by atoms with Crippen molar-refractivity contribution in [2.75, 3.05) is 0 Å². The lowest BCUT2D eigenvalue weighted by Gasteiger charge is -2.13. The molecule has 0 fully saturated rings. The summed E-state index contributed by atoms with van der Waals surface area (Å²) in [5.41, 5.74) is 2.78. The summed E-state index contributed by atoms with van der Waals surface area (Å²) < 4.78 is 56.5. The molecule has 0 saturated heterocycles. The number of alkyl halides is 3. The van der Waals surface area contributed by atoms with Gasteiger partial charge in [0.05, 0.1) is 17.0 Å². The van der Waals surface area contributed by atoms with Crippen LogP contribution in [0.3, 0.4) is 0 Å². The van der Waals surface area contributed by atoms with Crippen molar-refractivity contribution in [3.05, 3.63) is 93.5 Å². The van der Waals surface area contributed by atoms with E-state index in [0.717, 1.165) is 16.1 Å². The van der Waals surface area contributed by atoms with Crippen molar-refractivity contribution in [1.29, 1.82) is 0 Å². The summed E-state index contributed by atoms with van der Waals surface area (Å²) in [6.45, 7) is 1.88. The Hall–Kier alpha value is -2.67. The highest BCUT2D eigenvalue weighted by Crippen LogP contribution is 2.35. The van der Waals surface area contributed by atoms with Crippen LogP contribution in [0, 0.1) is 12.7 Å². The SMILES string of the molecule is Cc1cc(Br)cn2c(Cc3ccccc3C(F)(F)F)c(-c3ccc(F)cc3)nc12. The number of rotatable bonds is 3. The first-order chi connectivity index (χ1) is 13.7. The number of pyridine rings is 1.